The van der Waals surface area contributed by atoms with Gasteiger partial charge in [0.15, 0.2) is 0 Å². The van der Waals surface area contributed by atoms with Gasteiger partial charge in [0.1, 0.15) is 17.9 Å². The predicted molar refractivity (Wildman–Crippen MR) is 95.7 cm³/mol. The van der Waals surface area contributed by atoms with E-state index in [9.17, 15) is 4.79 Å². The number of hydrogen-bond acceptors (Lipinski definition) is 5. The maximum atomic E-state index is 12.9. The molecule has 0 aromatic carbocycles. The van der Waals surface area contributed by atoms with Crippen LogP contribution in [0.5, 0.6) is 5.88 Å². The van der Waals surface area contributed by atoms with Crippen molar-refractivity contribution in [3.05, 3.63) is 65.9 Å². The Kier molecular flexibility index (Phi) is 4.34. The number of nitriles is 1. The van der Waals surface area contributed by atoms with Gasteiger partial charge < -0.3 is 14.2 Å². The van der Waals surface area contributed by atoms with Crippen LogP contribution in [0.3, 0.4) is 0 Å². The molecule has 0 saturated heterocycles. The van der Waals surface area contributed by atoms with E-state index < -0.39 is 0 Å². The van der Waals surface area contributed by atoms with Crippen molar-refractivity contribution in [3.63, 3.8) is 0 Å². The molecule has 0 saturated carbocycles. The Labute approximate surface area is 156 Å². The maximum Gasteiger partial charge on any atom is 0.274 e. The minimum atomic E-state index is -0.272. The van der Waals surface area contributed by atoms with E-state index in [1.54, 1.807) is 41.0 Å². The molecule has 0 unspecified atom stereocenters. The van der Waals surface area contributed by atoms with Crippen LogP contribution in [0.1, 0.15) is 21.7 Å². The summed E-state index contributed by atoms with van der Waals surface area (Å²) in [5.41, 5.74) is 1.92. The molecule has 8 heteroatoms. The average Bonchev–Trinajstić information content (AvgIpc) is 3.26. The number of carbonyl (C=O) groups is 1. The van der Waals surface area contributed by atoms with Gasteiger partial charge in [-0.1, -0.05) is 0 Å². The normalized spacial score (nSPS) is 16.3. The van der Waals surface area contributed by atoms with E-state index in [-0.39, 0.29) is 12.0 Å². The Balaban J connectivity index is 1.58. The Hall–Kier alpha value is -3.60. The highest BCUT2D eigenvalue weighted by atomic mass is 16.5. The summed E-state index contributed by atoms with van der Waals surface area (Å²) in [6.07, 6.45) is 4.94. The molecule has 0 N–H and O–H groups in total. The summed E-state index contributed by atoms with van der Waals surface area (Å²) in [6, 6.07) is 11.0. The van der Waals surface area contributed by atoms with Crippen LogP contribution in [0.4, 0.5) is 0 Å². The molecular weight excluding hydrogens is 344 g/mol. The van der Waals surface area contributed by atoms with Crippen LogP contribution >= 0.6 is 0 Å². The monoisotopic (exact) mass is 362 g/mol. The van der Waals surface area contributed by atoms with E-state index in [0.717, 1.165) is 5.69 Å². The van der Waals surface area contributed by atoms with Crippen molar-refractivity contribution >= 4 is 5.91 Å². The summed E-state index contributed by atoms with van der Waals surface area (Å²) in [5, 5.41) is 13.1. The van der Waals surface area contributed by atoms with Crippen LogP contribution in [-0.2, 0) is 20.1 Å². The Morgan fingerprint density at radius 1 is 1.26 bits per heavy atom. The van der Waals surface area contributed by atoms with Gasteiger partial charge in [0.2, 0.25) is 5.88 Å². The smallest absolute Gasteiger partial charge is 0.274 e. The molecule has 4 heterocycles. The lowest BCUT2D eigenvalue weighted by atomic mass is 10.2. The van der Waals surface area contributed by atoms with Crippen LogP contribution in [0.2, 0.25) is 0 Å². The van der Waals surface area contributed by atoms with Crippen molar-refractivity contribution in [1.82, 2.24) is 24.2 Å². The van der Waals surface area contributed by atoms with Crippen LogP contribution in [-0.4, -0.2) is 42.8 Å². The van der Waals surface area contributed by atoms with Gasteiger partial charge in [-0.3, -0.25) is 9.48 Å². The Morgan fingerprint density at radius 3 is 2.85 bits per heavy atom. The molecule has 1 aliphatic rings. The molecule has 0 aliphatic carbocycles. The third-order valence-electron chi connectivity index (χ3n) is 4.47. The largest absolute Gasteiger partial charge is 0.471 e. The molecule has 3 aromatic rings. The third kappa shape index (κ3) is 3.53. The second-order valence-corrected chi connectivity index (χ2v) is 6.45. The second kappa shape index (κ2) is 6.96. The quantitative estimate of drug-likeness (QED) is 0.706. The third-order valence-corrected chi connectivity index (χ3v) is 4.47. The van der Waals surface area contributed by atoms with Crippen LogP contribution in [0.25, 0.3) is 0 Å². The molecule has 1 aliphatic heterocycles. The van der Waals surface area contributed by atoms with E-state index >= 15 is 0 Å². The van der Waals surface area contributed by atoms with E-state index in [4.69, 9.17) is 10.00 Å². The molecule has 136 valence electrons. The molecule has 0 fully saturated rings. The van der Waals surface area contributed by atoms with Crippen LogP contribution in [0, 0.1) is 11.3 Å². The average molecular weight is 362 g/mol. The summed E-state index contributed by atoms with van der Waals surface area (Å²) in [7, 11) is 1.78. The predicted octanol–water partition coefficient (Wildman–Crippen LogP) is 1.59. The molecule has 3 aromatic heterocycles. The first kappa shape index (κ1) is 16.8. The van der Waals surface area contributed by atoms with Gasteiger partial charge in [-0.25, -0.2) is 4.98 Å². The number of rotatable bonds is 3. The maximum absolute atomic E-state index is 12.9. The number of amides is 1. The minimum Gasteiger partial charge on any atom is -0.471 e. The number of pyridine rings is 1. The summed E-state index contributed by atoms with van der Waals surface area (Å²) in [6.45, 7) is 1.51. The lowest BCUT2D eigenvalue weighted by Gasteiger charge is -2.24. The van der Waals surface area contributed by atoms with Gasteiger partial charge >= 0.3 is 0 Å². The zero-order valence-corrected chi connectivity index (χ0v) is 14.8. The number of aromatic nitrogens is 4. The number of nitrogens with zero attached hydrogens (tertiary/aromatic N) is 6. The number of fused-ring (bicyclic) bond motifs is 1. The zero-order valence-electron chi connectivity index (χ0n) is 14.8. The molecule has 0 radical (unpaired) electrons. The first-order valence-electron chi connectivity index (χ1n) is 8.58. The van der Waals surface area contributed by atoms with Gasteiger partial charge in [0.05, 0.1) is 25.2 Å². The van der Waals surface area contributed by atoms with Gasteiger partial charge in [-0.05, 0) is 24.3 Å². The summed E-state index contributed by atoms with van der Waals surface area (Å²) < 4.78 is 9.72. The fraction of sp³-hybridized carbons (Fsp3) is 0.263. The molecule has 1 atom stereocenters. The van der Waals surface area contributed by atoms with Crippen molar-refractivity contribution in [2.75, 3.05) is 6.54 Å². The zero-order chi connectivity index (χ0) is 18.8. The van der Waals surface area contributed by atoms with Gasteiger partial charge in [0.25, 0.3) is 5.91 Å². The van der Waals surface area contributed by atoms with Crippen molar-refractivity contribution in [3.8, 4) is 11.9 Å². The Morgan fingerprint density at radius 2 is 2.15 bits per heavy atom. The molecule has 8 nitrogen and oxygen atoms in total. The number of hydrogen-bond donors (Lipinski definition) is 0. The van der Waals surface area contributed by atoms with Crippen molar-refractivity contribution < 1.29 is 9.53 Å². The number of carbonyl (C=O) groups excluding carboxylic acids is 1. The summed E-state index contributed by atoms with van der Waals surface area (Å²) in [5.74, 6) is 0.298. The molecule has 4 rings (SSSR count). The van der Waals surface area contributed by atoms with E-state index in [1.807, 2.05) is 24.4 Å². The number of ether oxygens (including phenoxy) is 1. The first-order chi connectivity index (χ1) is 13.1. The second-order valence-electron chi connectivity index (χ2n) is 6.45. The highest BCUT2D eigenvalue weighted by Gasteiger charge is 2.28. The Bertz CT molecular complexity index is 998. The van der Waals surface area contributed by atoms with E-state index in [0.29, 0.717) is 36.8 Å². The standard InChI is InChI=1S/C19H18N6O2/c1-23-8-6-17(22-23)19(26)25-11-15-3-2-7-24(15)12-16(13-25)27-18-5-4-14(9-20)10-21-18/h2-8,10,16H,11-13H2,1H3/t16-/m0/s1. The molecule has 1 amide bonds. The lowest BCUT2D eigenvalue weighted by molar-refractivity contribution is 0.0640. The lowest BCUT2D eigenvalue weighted by Crippen LogP contribution is -2.39. The SMILES string of the molecule is Cn1ccc(C(=O)N2Cc3cccn3C[C@H](Oc3ccc(C#N)cn3)C2)n1. The van der Waals surface area contributed by atoms with Crippen molar-refractivity contribution in [2.45, 2.75) is 19.2 Å². The number of aryl methyl sites for hydroxylation is 1. The topological polar surface area (TPSA) is 89.0 Å². The van der Waals surface area contributed by atoms with Gasteiger partial charge in [0, 0.05) is 37.4 Å². The highest BCUT2D eigenvalue weighted by Crippen LogP contribution is 2.19. The summed E-state index contributed by atoms with van der Waals surface area (Å²) >= 11 is 0. The van der Waals surface area contributed by atoms with E-state index in [2.05, 4.69) is 14.6 Å². The fourth-order valence-corrected chi connectivity index (χ4v) is 3.16. The fourth-order valence-electron chi connectivity index (χ4n) is 3.16. The van der Waals surface area contributed by atoms with Gasteiger partial charge in [-0.2, -0.15) is 10.4 Å². The minimum absolute atomic E-state index is 0.133. The molecule has 0 spiro atoms. The van der Waals surface area contributed by atoms with Crippen molar-refractivity contribution in [2.24, 2.45) is 7.05 Å². The molecular formula is C19H18N6O2. The summed E-state index contributed by atoms with van der Waals surface area (Å²) in [4.78, 5) is 18.8. The highest BCUT2D eigenvalue weighted by molar-refractivity contribution is 5.92. The van der Waals surface area contributed by atoms with Crippen molar-refractivity contribution in [1.29, 1.82) is 5.26 Å². The first-order valence-corrected chi connectivity index (χ1v) is 8.58. The van der Waals surface area contributed by atoms with Crippen LogP contribution < -0.4 is 4.74 Å². The van der Waals surface area contributed by atoms with E-state index in [1.165, 1.54) is 6.20 Å². The molecule has 27 heavy (non-hydrogen) atoms. The van der Waals surface area contributed by atoms with Crippen LogP contribution in [0.15, 0.2) is 48.9 Å². The molecule has 0 bridgehead atoms. The van der Waals surface area contributed by atoms with Gasteiger partial charge in [-0.15, -0.1) is 0 Å².